The standard InChI is InChI=1S/C34H34ClFN6O3S/c35-31-20-32(41-16-14-40(15-17-41)28-7-2-1-6-27(28)36)38-34(37-31)46-22-25-4-3-5-26(18-25)33(43)42-12-10-39(11-13-42)21-24-8-9-29-30(19-24)45-23-44-29/h1-9,18-20H,10-17,21-23H2. The van der Waals surface area contributed by atoms with Crippen LogP contribution in [0.15, 0.2) is 78.0 Å². The summed E-state index contributed by atoms with van der Waals surface area (Å²) in [6, 6.07) is 22.5. The minimum absolute atomic E-state index is 0.0467. The number of ether oxygens (including phenoxy) is 2. The van der Waals surface area contributed by atoms with E-state index in [1.807, 2.05) is 53.4 Å². The van der Waals surface area contributed by atoms with E-state index in [-0.39, 0.29) is 18.5 Å². The molecule has 12 heteroatoms. The number of piperazine rings is 2. The maximum absolute atomic E-state index is 14.3. The number of para-hydroxylation sites is 1. The molecule has 2 saturated heterocycles. The van der Waals surface area contributed by atoms with Crippen molar-refractivity contribution in [3.05, 3.63) is 100 Å². The van der Waals surface area contributed by atoms with Gasteiger partial charge in [0, 0.05) is 76.3 Å². The Kier molecular flexibility index (Phi) is 9.14. The number of carbonyl (C=O) groups is 1. The van der Waals surface area contributed by atoms with Gasteiger partial charge < -0.3 is 24.2 Å². The molecular weight excluding hydrogens is 627 g/mol. The topological polar surface area (TPSA) is 74.3 Å². The summed E-state index contributed by atoms with van der Waals surface area (Å²) in [4.78, 5) is 31.1. The molecule has 0 atom stereocenters. The van der Waals surface area contributed by atoms with Gasteiger partial charge in [0.15, 0.2) is 16.7 Å². The zero-order valence-corrected chi connectivity index (χ0v) is 26.9. The molecule has 2 fully saturated rings. The smallest absolute Gasteiger partial charge is 0.253 e. The molecule has 46 heavy (non-hydrogen) atoms. The lowest BCUT2D eigenvalue weighted by atomic mass is 10.1. The predicted molar refractivity (Wildman–Crippen MR) is 178 cm³/mol. The van der Waals surface area contributed by atoms with E-state index in [0.29, 0.717) is 66.6 Å². The van der Waals surface area contributed by atoms with E-state index >= 15 is 0 Å². The summed E-state index contributed by atoms with van der Waals surface area (Å²) in [6.07, 6.45) is 0. The van der Waals surface area contributed by atoms with E-state index in [1.165, 1.54) is 23.4 Å². The third-order valence-corrected chi connectivity index (χ3v) is 9.61. The van der Waals surface area contributed by atoms with Crippen LogP contribution < -0.4 is 19.3 Å². The first kappa shape index (κ1) is 30.6. The van der Waals surface area contributed by atoms with Gasteiger partial charge in [-0.05, 0) is 47.5 Å². The summed E-state index contributed by atoms with van der Waals surface area (Å²) in [5.74, 6) is 2.79. The number of fused-ring (bicyclic) bond motifs is 1. The molecule has 7 rings (SSSR count). The first-order valence-electron chi connectivity index (χ1n) is 15.4. The molecule has 4 aromatic rings. The average Bonchev–Trinajstić information content (AvgIpc) is 3.56. The van der Waals surface area contributed by atoms with Gasteiger partial charge in [0.1, 0.15) is 16.8 Å². The van der Waals surface area contributed by atoms with Crippen LogP contribution in [-0.4, -0.2) is 84.8 Å². The quantitative estimate of drug-likeness (QED) is 0.137. The van der Waals surface area contributed by atoms with Crippen molar-refractivity contribution in [2.45, 2.75) is 17.5 Å². The second-order valence-corrected chi connectivity index (χ2v) is 12.8. The second-order valence-electron chi connectivity index (χ2n) is 11.5. The first-order valence-corrected chi connectivity index (χ1v) is 16.8. The molecule has 3 aliphatic rings. The van der Waals surface area contributed by atoms with Crippen molar-refractivity contribution in [2.24, 2.45) is 0 Å². The van der Waals surface area contributed by atoms with Crippen molar-refractivity contribution in [1.29, 1.82) is 0 Å². The molecule has 0 unspecified atom stereocenters. The molecule has 3 aromatic carbocycles. The Hall–Kier alpha value is -4.06. The van der Waals surface area contributed by atoms with Gasteiger partial charge in [-0.1, -0.05) is 53.7 Å². The van der Waals surface area contributed by atoms with Crippen LogP contribution in [0.1, 0.15) is 21.5 Å². The third kappa shape index (κ3) is 7.01. The lowest BCUT2D eigenvalue weighted by Crippen LogP contribution is -2.48. The van der Waals surface area contributed by atoms with Crippen molar-refractivity contribution in [2.75, 3.05) is 69.0 Å². The second kappa shape index (κ2) is 13.7. The molecular formula is C34H34ClFN6O3S. The highest BCUT2D eigenvalue weighted by atomic mass is 35.5. The van der Waals surface area contributed by atoms with Gasteiger partial charge in [-0.3, -0.25) is 9.69 Å². The zero-order valence-electron chi connectivity index (χ0n) is 25.3. The fourth-order valence-corrected chi connectivity index (χ4v) is 7.05. The summed E-state index contributed by atoms with van der Waals surface area (Å²) in [5, 5.41) is 0.958. The van der Waals surface area contributed by atoms with Gasteiger partial charge in [0.25, 0.3) is 5.91 Å². The zero-order chi connectivity index (χ0) is 31.5. The molecule has 1 amide bonds. The number of rotatable bonds is 8. The molecule has 0 saturated carbocycles. The lowest BCUT2D eigenvalue weighted by Gasteiger charge is -2.36. The lowest BCUT2D eigenvalue weighted by molar-refractivity contribution is 0.0628. The van der Waals surface area contributed by atoms with Gasteiger partial charge in [-0.15, -0.1) is 0 Å². The average molecular weight is 661 g/mol. The molecule has 9 nitrogen and oxygen atoms in total. The van der Waals surface area contributed by atoms with Crippen molar-refractivity contribution in [3.8, 4) is 11.5 Å². The number of hydrogen-bond acceptors (Lipinski definition) is 9. The molecule has 0 N–H and O–H groups in total. The van der Waals surface area contributed by atoms with E-state index in [9.17, 15) is 9.18 Å². The van der Waals surface area contributed by atoms with Gasteiger partial charge in [0.05, 0.1) is 5.69 Å². The van der Waals surface area contributed by atoms with Crippen LogP contribution in [0.3, 0.4) is 0 Å². The summed E-state index contributed by atoms with van der Waals surface area (Å²) in [7, 11) is 0. The van der Waals surface area contributed by atoms with Gasteiger partial charge in [-0.25, -0.2) is 14.4 Å². The number of halogens is 2. The van der Waals surface area contributed by atoms with Crippen LogP contribution in [0, 0.1) is 5.82 Å². The largest absolute Gasteiger partial charge is 0.454 e. The number of nitrogens with zero attached hydrogens (tertiary/aromatic N) is 6. The number of thioether (sulfide) groups is 1. The minimum Gasteiger partial charge on any atom is -0.454 e. The van der Waals surface area contributed by atoms with E-state index in [4.69, 9.17) is 26.1 Å². The molecule has 238 valence electrons. The summed E-state index contributed by atoms with van der Waals surface area (Å²) >= 11 is 7.90. The minimum atomic E-state index is -0.207. The normalized spacial score (nSPS) is 16.6. The fraction of sp³-hybridized carbons (Fsp3) is 0.324. The Bertz CT molecular complexity index is 1710. The third-order valence-electron chi connectivity index (χ3n) is 8.50. The molecule has 0 aliphatic carbocycles. The fourth-order valence-electron chi connectivity index (χ4n) is 6.03. The highest BCUT2D eigenvalue weighted by molar-refractivity contribution is 7.98. The van der Waals surface area contributed by atoms with Crippen molar-refractivity contribution in [3.63, 3.8) is 0 Å². The number of benzene rings is 3. The van der Waals surface area contributed by atoms with Crippen LogP contribution >= 0.6 is 23.4 Å². The van der Waals surface area contributed by atoms with E-state index in [0.717, 1.165) is 42.5 Å². The van der Waals surface area contributed by atoms with Gasteiger partial charge in [0.2, 0.25) is 6.79 Å². The van der Waals surface area contributed by atoms with Crippen molar-refractivity contribution >= 4 is 40.8 Å². The van der Waals surface area contributed by atoms with Crippen LogP contribution in [0.5, 0.6) is 11.5 Å². The first-order chi connectivity index (χ1) is 22.5. The Morgan fingerprint density at radius 3 is 2.41 bits per heavy atom. The Balaban J connectivity index is 0.921. The Morgan fingerprint density at radius 2 is 1.59 bits per heavy atom. The van der Waals surface area contributed by atoms with Crippen LogP contribution in [0.2, 0.25) is 5.15 Å². The Labute approximate surface area is 276 Å². The highest BCUT2D eigenvalue weighted by Gasteiger charge is 2.24. The van der Waals surface area contributed by atoms with Crippen LogP contribution in [0.25, 0.3) is 0 Å². The van der Waals surface area contributed by atoms with E-state index in [2.05, 4.69) is 25.8 Å². The number of hydrogen-bond donors (Lipinski definition) is 0. The monoisotopic (exact) mass is 660 g/mol. The van der Waals surface area contributed by atoms with Gasteiger partial charge >= 0.3 is 0 Å². The molecule has 0 bridgehead atoms. The van der Waals surface area contributed by atoms with Crippen molar-refractivity contribution in [1.82, 2.24) is 19.8 Å². The van der Waals surface area contributed by atoms with E-state index < -0.39 is 0 Å². The molecule has 0 spiro atoms. The van der Waals surface area contributed by atoms with Crippen LogP contribution in [0.4, 0.5) is 15.9 Å². The maximum Gasteiger partial charge on any atom is 0.253 e. The number of aromatic nitrogens is 2. The van der Waals surface area contributed by atoms with E-state index in [1.54, 1.807) is 12.1 Å². The number of amides is 1. The van der Waals surface area contributed by atoms with Crippen LogP contribution in [-0.2, 0) is 12.3 Å². The highest BCUT2D eigenvalue weighted by Crippen LogP contribution is 2.33. The number of carbonyl (C=O) groups excluding carboxylic acids is 1. The molecule has 4 heterocycles. The maximum atomic E-state index is 14.3. The van der Waals surface area contributed by atoms with Crippen molar-refractivity contribution < 1.29 is 18.7 Å². The number of anilines is 2. The molecule has 1 aromatic heterocycles. The summed E-state index contributed by atoms with van der Waals surface area (Å²) in [5.41, 5.74) is 3.50. The SMILES string of the molecule is O=C(c1cccc(CSc2nc(Cl)cc(N3CCN(c4ccccc4F)CC3)n2)c1)N1CCN(Cc2ccc3c(c2)OCO3)CC1. The molecule has 0 radical (unpaired) electrons. The summed E-state index contributed by atoms with van der Waals surface area (Å²) in [6.45, 7) is 6.81. The Morgan fingerprint density at radius 1 is 0.804 bits per heavy atom. The predicted octanol–water partition coefficient (Wildman–Crippen LogP) is 5.57. The van der Waals surface area contributed by atoms with Gasteiger partial charge in [-0.2, -0.15) is 0 Å². The summed E-state index contributed by atoms with van der Waals surface area (Å²) < 4.78 is 25.2. The molecule has 3 aliphatic heterocycles.